The lowest BCUT2D eigenvalue weighted by molar-refractivity contribution is 0.178. The van der Waals surface area contributed by atoms with Crippen molar-refractivity contribution in [2.75, 3.05) is 27.3 Å². The van der Waals surface area contributed by atoms with Crippen molar-refractivity contribution >= 4 is 41.5 Å². The minimum absolute atomic E-state index is 0. The van der Waals surface area contributed by atoms with E-state index in [4.69, 9.17) is 21.1 Å². The quantitative estimate of drug-likeness (QED) is 0.359. The van der Waals surface area contributed by atoms with E-state index in [9.17, 15) is 0 Å². The first kappa shape index (κ1) is 22.3. The average molecular weight is 456 g/mol. The number of halogens is 2. The van der Waals surface area contributed by atoms with Gasteiger partial charge >= 0.3 is 0 Å². The number of benzene rings is 1. The van der Waals surface area contributed by atoms with Crippen LogP contribution in [-0.2, 0) is 4.74 Å². The standard InChI is InChI=1S/C16H26ClN3O2.HI/c1-5-13(22-15-9-7-6-8-14(15)17)10-19-16(18-3)20-12(2)11-21-4;/h6-9,12-13H,5,10-11H2,1-4H3,(H2,18,19,20);1H. The fourth-order valence-corrected chi connectivity index (χ4v) is 2.10. The molecule has 0 fully saturated rings. The van der Waals surface area contributed by atoms with Gasteiger partial charge in [-0.3, -0.25) is 4.99 Å². The Morgan fingerprint density at radius 1 is 1.35 bits per heavy atom. The number of guanidine groups is 1. The zero-order valence-electron chi connectivity index (χ0n) is 14.1. The Kier molecular flexibility index (Phi) is 12.3. The molecule has 132 valence electrons. The topological polar surface area (TPSA) is 54.9 Å². The van der Waals surface area contributed by atoms with Gasteiger partial charge in [-0.05, 0) is 25.5 Å². The van der Waals surface area contributed by atoms with Crippen molar-refractivity contribution in [2.24, 2.45) is 4.99 Å². The van der Waals surface area contributed by atoms with Crippen molar-refractivity contribution in [2.45, 2.75) is 32.4 Å². The maximum absolute atomic E-state index is 6.12. The van der Waals surface area contributed by atoms with Gasteiger partial charge in [-0.2, -0.15) is 0 Å². The number of nitrogens with one attached hydrogen (secondary N) is 2. The number of rotatable bonds is 8. The molecule has 0 bridgehead atoms. The van der Waals surface area contributed by atoms with E-state index >= 15 is 0 Å². The molecular weight excluding hydrogens is 429 g/mol. The second-order valence-electron chi connectivity index (χ2n) is 5.03. The number of hydrogen-bond acceptors (Lipinski definition) is 3. The molecule has 2 atom stereocenters. The van der Waals surface area contributed by atoms with E-state index in [2.05, 4.69) is 22.5 Å². The lowest BCUT2D eigenvalue weighted by Crippen LogP contribution is -2.46. The van der Waals surface area contributed by atoms with Gasteiger partial charge in [0, 0.05) is 20.2 Å². The second kappa shape index (κ2) is 12.7. The molecule has 1 aromatic rings. The number of ether oxygens (including phenoxy) is 2. The lowest BCUT2D eigenvalue weighted by Gasteiger charge is -2.22. The highest BCUT2D eigenvalue weighted by Crippen LogP contribution is 2.24. The highest BCUT2D eigenvalue weighted by Gasteiger charge is 2.12. The van der Waals surface area contributed by atoms with Crippen LogP contribution in [0.2, 0.25) is 5.02 Å². The number of para-hydroxylation sites is 1. The summed E-state index contributed by atoms with van der Waals surface area (Å²) in [5.41, 5.74) is 0. The van der Waals surface area contributed by atoms with Gasteiger partial charge in [0.05, 0.1) is 18.2 Å². The Hall–Kier alpha value is -0.730. The lowest BCUT2D eigenvalue weighted by atomic mass is 10.2. The molecule has 0 heterocycles. The third-order valence-electron chi connectivity index (χ3n) is 3.11. The third-order valence-corrected chi connectivity index (χ3v) is 3.42. The van der Waals surface area contributed by atoms with Gasteiger partial charge in [0.25, 0.3) is 0 Å². The van der Waals surface area contributed by atoms with E-state index in [1.807, 2.05) is 31.2 Å². The molecule has 0 aliphatic heterocycles. The molecule has 1 aromatic carbocycles. The van der Waals surface area contributed by atoms with E-state index in [1.165, 1.54) is 0 Å². The highest BCUT2D eigenvalue weighted by molar-refractivity contribution is 14.0. The van der Waals surface area contributed by atoms with Crippen molar-refractivity contribution in [3.05, 3.63) is 29.3 Å². The molecule has 23 heavy (non-hydrogen) atoms. The Morgan fingerprint density at radius 3 is 2.61 bits per heavy atom. The summed E-state index contributed by atoms with van der Waals surface area (Å²) in [6.45, 7) is 5.37. The van der Waals surface area contributed by atoms with Gasteiger partial charge < -0.3 is 20.1 Å². The third kappa shape index (κ3) is 8.62. The highest BCUT2D eigenvalue weighted by atomic mass is 127. The molecule has 0 aliphatic rings. The summed E-state index contributed by atoms with van der Waals surface area (Å²) in [4.78, 5) is 4.20. The normalized spacial score (nSPS) is 13.7. The summed E-state index contributed by atoms with van der Waals surface area (Å²) in [5, 5.41) is 7.14. The van der Waals surface area contributed by atoms with E-state index < -0.39 is 0 Å². The summed E-state index contributed by atoms with van der Waals surface area (Å²) < 4.78 is 11.0. The second-order valence-corrected chi connectivity index (χ2v) is 5.44. The van der Waals surface area contributed by atoms with Crippen molar-refractivity contribution < 1.29 is 9.47 Å². The fourth-order valence-electron chi connectivity index (χ4n) is 1.92. The monoisotopic (exact) mass is 455 g/mol. The minimum Gasteiger partial charge on any atom is -0.487 e. The van der Waals surface area contributed by atoms with Crippen LogP contribution >= 0.6 is 35.6 Å². The Morgan fingerprint density at radius 2 is 2.04 bits per heavy atom. The molecular formula is C16H27ClIN3O2. The van der Waals surface area contributed by atoms with Crippen LogP contribution in [0, 0.1) is 0 Å². The van der Waals surface area contributed by atoms with Crippen molar-refractivity contribution in [1.82, 2.24) is 10.6 Å². The van der Waals surface area contributed by atoms with Crippen LogP contribution in [-0.4, -0.2) is 45.4 Å². The van der Waals surface area contributed by atoms with Crippen LogP contribution in [0.5, 0.6) is 5.75 Å². The number of methoxy groups -OCH3 is 1. The van der Waals surface area contributed by atoms with E-state index in [0.29, 0.717) is 23.9 Å². The molecule has 2 unspecified atom stereocenters. The zero-order chi connectivity index (χ0) is 16.4. The van der Waals surface area contributed by atoms with Gasteiger partial charge in [0.1, 0.15) is 11.9 Å². The summed E-state index contributed by atoms with van der Waals surface area (Å²) in [6, 6.07) is 7.68. The van der Waals surface area contributed by atoms with Gasteiger partial charge in [0.15, 0.2) is 5.96 Å². The molecule has 2 N–H and O–H groups in total. The van der Waals surface area contributed by atoms with Crippen LogP contribution in [0.25, 0.3) is 0 Å². The predicted molar refractivity (Wildman–Crippen MR) is 107 cm³/mol. The number of aliphatic imine (C=N–C) groups is 1. The summed E-state index contributed by atoms with van der Waals surface area (Å²) in [6.07, 6.45) is 0.874. The predicted octanol–water partition coefficient (Wildman–Crippen LogP) is 3.32. The van der Waals surface area contributed by atoms with Crippen LogP contribution in [0.4, 0.5) is 0 Å². The van der Waals surface area contributed by atoms with Gasteiger partial charge in [-0.1, -0.05) is 30.7 Å². The maximum atomic E-state index is 6.12. The van der Waals surface area contributed by atoms with Crippen molar-refractivity contribution in [3.63, 3.8) is 0 Å². The average Bonchev–Trinajstić information content (AvgIpc) is 2.52. The Labute approximate surface area is 161 Å². The molecule has 0 saturated heterocycles. The van der Waals surface area contributed by atoms with Gasteiger partial charge in [-0.15, -0.1) is 24.0 Å². The Balaban J connectivity index is 0.00000484. The van der Waals surface area contributed by atoms with Crippen LogP contribution < -0.4 is 15.4 Å². The van der Waals surface area contributed by atoms with Gasteiger partial charge in [-0.25, -0.2) is 0 Å². The molecule has 5 nitrogen and oxygen atoms in total. The van der Waals surface area contributed by atoms with E-state index in [-0.39, 0.29) is 36.1 Å². The summed E-state index contributed by atoms with van der Waals surface area (Å²) in [5.74, 6) is 1.43. The first-order valence-electron chi connectivity index (χ1n) is 7.48. The van der Waals surface area contributed by atoms with Gasteiger partial charge in [0.2, 0.25) is 0 Å². The molecule has 0 saturated carbocycles. The van der Waals surface area contributed by atoms with Crippen molar-refractivity contribution in [1.29, 1.82) is 0 Å². The van der Waals surface area contributed by atoms with Crippen LogP contribution in [0.15, 0.2) is 29.3 Å². The molecule has 0 aromatic heterocycles. The first-order chi connectivity index (χ1) is 10.6. The molecule has 0 spiro atoms. The van der Waals surface area contributed by atoms with Crippen molar-refractivity contribution in [3.8, 4) is 5.75 Å². The Bertz CT molecular complexity index is 474. The number of hydrogen-bond donors (Lipinski definition) is 2. The maximum Gasteiger partial charge on any atom is 0.191 e. The zero-order valence-corrected chi connectivity index (χ0v) is 17.2. The van der Waals surface area contributed by atoms with E-state index in [1.54, 1.807) is 14.2 Å². The smallest absolute Gasteiger partial charge is 0.191 e. The summed E-state index contributed by atoms with van der Waals surface area (Å²) in [7, 11) is 3.42. The van der Waals surface area contributed by atoms with E-state index in [0.717, 1.165) is 12.4 Å². The van der Waals surface area contributed by atoms with Crippen LogP contribution in [0.3, 0.4) is 0 Å². The molecule has 0 amide bonds. The fraction of sp³-hybridized carbons (Fsp3) is 0.562. The SMILES string of the molecule is CCC(CNC(=NC)NC(C)COC)Oc1ccccc1Cl.I. The largest absolute Gasteiger partial charge is 0.487 e. The molecule has 7 heteroatoms. The minimum atomic E-state index is 0. The number of nitrogens with zero attached hydrogens (tertiary/aromatic N) is 1. The molecule has 0 aliphatic carbocycles. The first-order valence-corrected chi connectivity index (χ1v) is 7.85. The van der Waals surface area contributed by atoms with Crippen LogP contribution in [0.1, 0.15) is 20.3 Å². The molecule has 1 rings (SSSR count). The summed E-state index contributed by atoms with van der Waals surface area (Å²) >= 11 is 6.12. The molecule has 0 radical (unpaired) electrons.